The zero-order chi connectivity index (χ0) is 33.8. The molecule has 3 saturated heterocycles. The third kappa shape index (κ3) is 5.73. The summed E-state index contributed by atoms with van der Waals surface area (Å²) >= 11 is 0. The molecule has 49 heavy (non-hydrogen) atoms. The van der Waals surface area contributed by atoms with E-state index in [1.54, 1.807) is 17.2 Å². The number of benzene rings is 2. The SMILES string of the molecule is O=C(CCNC(=O)C12CC3OC(=O)C1N(Cc1ccccc1C=CCc1ccccc1O)OC2C1OC(C2CC2)(C2CC2)OC31)NCCO. The molecule has 2 bridgehead atoms. The lowest BCUT2D eigenvalue weighted by Crippen LogP contribution is -2.69. The molecule has 12 heteroatoms. The quantitative estimate of drug-likeness (QED) is 0.233. The van der Waals surface area contributed by atoms with E-state index in [9.17, 15) is 19.5 Å². The number of carbonyl (C=O) groups excluding carboxylic acids is 3. The van der Waals surface area contributed by atoms with Gasteiger partial charge in [0.1, 0.15) is 35.6 Å². The maximum atomic E-state index is 14.4. The summed E-state index contributed by atoms with van der Waals surface area (Å²) in [5, 5.41) is 26.4. The molecule has 2 aromatic carbocycles. The lowest BCUT2D eigenvalue weighted by molar-refractivity contribution is -0.235. The molecule has 6 fully saturated rings. The van der Waals surface area contributed by atoms with Crippen LogP contribution in [0.3, 0.4) is 0 Å². The number of ether oxygens (including phenoxy) is 3. The Kier molecular flexibility index (Phi) is 8.48. The number of para-hydroxylation sites is 1. The number of rotatable bonds is 13. The van der Waals surface area contributed by atoms with E-state index in [2.05, 4.69) is 10.6 Å². The summed E-state index contributed by atoms with van der Waals surface area (Å²) in [6.45, 7) is 0.212. The number of fused-ring (bicyclic) bond motifs is 4. The maximum absolute atomic E-state index is 14.4. The van der Waals surface area contributed by atoms with E-state index in [4.69, 9.17) is 24.2 Å². The second-order valence-corrected chi connectivity index (χ2v) is 14.2. The number of nitrogens with zero attached hydrogens (tertiary/aromatic N) is 1. The van der Waals surface area contributed by atoms with Crippen LogP contribution in [0.5, 0.6) is 5.75 Å². The summed E-state index contributed by atoms with van der Waals surface area (Å²) in [6, 6.07) is 14.0. The number of phenols is 1. The summed E-state index contributed by atoms with van der Waals surface area (Å²) < 4.78 is 19.8. The number of esters is 1. The molecule has 2 amide bonds. The summed E-state index contributed by atoms with van der Waals surface area (Å²) in [5.41, 5.74) is 1.27. The zero-order valence-electron chi connectivity index (χ0n) is 27.3. The van der Waals surface area contributed by atoms with Gasteiger partial charge in [-0.25, -0.2) is 0 Å². The lowest BCUT2D eigenvalue weighted by atomic mass is 9.62. The second kappa shape index (κ2) is 12.8. The summed E-state index contributed by atoms with van der Waals surface area (Å²) in [5.74, 6) is -1.19. The molecule has 0 spiro atoms. The van der Waals surface area contributed by atoms with Crippen molar-refractivity contribution in [1.29, 1.82) is 0 Å². The fraction of sp³-hybridized carbons (Fsp3) is 0.541. The molecule has 6 atom stereocenters. The van der Waals surface area contributed by atoms with Crippen molar-refractivity contribution in [1.82, 2.24) is 15.7 Å². The number of hydroxylamine groups is 2. The molecule has 3 saturated carbocycles. The number of aromatic hydroxyl groups is 1. The summed E-state index contributed by atoms with van der Waals surface area (Å²) in [6.07, 6.45) is 6.13. The highest BCUT2D eigenvalue weighted by molar-refractivity contribution is 5.94. The van der Waals surface area contributed by atoms with Crippen LogP contribution in [0.25, 0.3) is 6.08 Å². The van der Waals surface area contributed by atoms with Crippen LogP contribution in [-0.4, -0.2) is 89.0 Å². The highest BCUT2D eigenvalue weighted by atomic mass is 16.8. The van der Waals surface area contributed by atoms with E-state index < -0.39 is 47.6 Å². The maximum Gasteiger partial charge on any atom is 0.327 e. The normalized spacial score (nSPS) is 31.4. The molecule has 6 unspecified atom stereocenters. The van der Waals surface area contributed by atoms with Crippen LogP contribution in [-0.2, 0) is 46.4 Å². The average molecular weight is 674 g/mol. The van der Waals surface area contributed by atoms with Crippen LogP contribution in [0, 0.1) is 17.3 Å². The van der Waals surface area contributed by atoms with E-state index in [1.165, 1.54) is 0 Å². The van der Waals surface area contributed by atoms with Gasteiger partial charge >= 0.3 is 5.97 Å². The molecule has 260 valence electrons. The van der Waals surface area contributed by atoms with E-state index in [0.717, 1.165) is 42.4 Å². The van der Waals surface area contributed by atoms with Crippen molar-refractivity contribution in [2.45, 2.75) is 87.7 Å². The highest BCUT2D eigenvalue weighted by Gasteiger charge is 2.78. The molecule has 8 rings (SSSR count). The highest BCUT2D eigenvalue weighted by Crippen LogP contribution is 2.63. The van der Waals surface area contributed by atoms with Crippen molar-refractivity contribution >= 4 is 23.9 Å². The predicted octanol–water partition coefficient (Wildman–Crippen LogP) is 2.36. The largest absolute Gasteiger partial charge is 0.508 e. The molecular formula is C37H43N3O9. The molecule has 3 heterocycles. The number of amides is 2. The zero-order valence-corrected chi connectivity index (χ0v) is 27.3. The van der Waals surface area contributed by atoms with Gasteiger partial charge < -0.3 is 35.1 Å². The Morgan fingerprint density at radius 3 is 2.39 bits per heavy atom. The van der Waals surface area contributed by atoms with Gasteiger partial charge in [-0.2, -0.15) is 5.06 Å². The summed E-state index contributed by atoms with van der Waals surface area (Å²) in [7, 11) is 0. The molecule has 0 radical (unpaired) electrons. The third-order valence-electron chi connectivity index (χ3n) is 11.0. The van der Waals surface area contributed by atoms with Crippen LogP contribution in [0.1, 0.15) is 55.2 Å². The van der Waals surface area contributed by atoms with Crippen molar-refractivity contribution in [3.63, 3.8) is 0 Å². The number of aliphatic hydroxyl groups excluding tert-OH is 1. The van der Waals surface area contributed by atoms with Crippen molar-refractivity contribution in [2.24, 2.45) is 17.3 Å². The lowest BCUT2D eigenvalue weighted by Gasteiger charge is -2.48. The van der Waals surface area contributed by atoms with Gasteiger partial charge in [-0.3, -0.25) is 19.2 Å². The number of hydrogen-bond acceptors (Lipinski definition) is 10. The second-order valence-electron chi connectivity index (χ2n) is 14.2. The Morgan fingerprint density at radius 2 is 1.65 bits per heavy atom. The predicted molar refractivity (Wildman–Crippen MR) is 174 cm³/mol. The minimum atomic E-state index is -1.33. The van der Waals surface area contributed by atoms with Crippen LogP contribution < -0.4 is 10.6 Å². The van der Waals surface area contributed by atoms with Crippen LogP contribution >= 0.6 is 0 Å². The Morgan fingerprint density at radius 1 is 0.939 bits per heavy atom. The van der Waals surface area contributed by atoms with E-state index in [-0.39, 0.29) is 68.5 Å². The number of aliphatic hydroxyl groups is 1. The van der Waals surface area contributed by atoms with Gasteiger partial charge in [0.2, 0.25) is 11.8 Å². The molecule has 0 aromatic heterocycles. The smallest absolute Gasteiger partial charge is 0.327 e. The van der Waals surface area contributed by atoms with Crippen molar-refractivity contribution in [3.8, 4) is 5.75 Å². The number of allylic oxidation sites excluding steroid dienone is 1. The minimum absolute atomic E-state index is 0.0220. The first-order chi connectivity index (χ1) is 23.8. The monoisotopic (exact) mass is 673 g/mol. The summed E-state index contributed by atoms with van der Waals surface area (Å²) in [4.78, 5) is 47.4. The first kappa shape index (κ1) is 32.4. The number of carbonyl (C=O) groups is 3. The van der Waals surface area contributed by atoms with Gasteiger partial charge in [0.05, 0.1) is 13.2 Å². The first-order valence-electron chi connectivity index (χ1n) is 17.5. The van der Waals surface area contributed by atoms with Crippen molar-refractivity contribution in [2.75, 3.05) is 19.7 Å². The Labute approximate surface area is 284 Å². The fourth-order valence-corrected chi connectivity index (χ4v) is 8.41. The molecule has 3 aliphatic carbocycles. The van der Waals surface area contributed by atoms with Crippen molar-refractivity contribution < 1.29 is 43.6 Å². The van der Waals surface area contributed by atoms with E-state index in [1.807, 2.05) is 48.6 Å². The number of hydrogen-bond donors (Lipinski definition) is 4. The van der Waals surface area contributed by atoms with Gasteiger partial charge in [0.25, 0.3) is 0 Å². The fourth-order valence-electron chi connectivity index (χ4n) is 8.41. The average Bonchev–Trinajstić information content (AvgIpc) is 4.04. The Balaban J connectivity index is 1.09. The van der Waals surface area contributed by atoms with Crippen LogP contribution in [0.4, 0.5) is 0 Å². The van der Waals surface area contributed by atoms with E-state index >= 15 is 0 Å². The molecular weight excluding hydrogens is 630 g/mol. The van der Waals surface area contributed by atoms with Gasteiger partial charge in [-0.05, 0) is 54.9 Å². The van der Waals surface area contributed by atoms with Gasteiger partial charge in [0.15, 0.2) is 11.8 Å². The van der Waals surface area contributed by atoms with Gasteiger partial charge in [-0.15, -0.1) is 0 Å². The standard InChI is InChI=1S/C37H43N3O9/c41-19-18-38-29(43)16-17-39-35(45)36-20-28-30-31(48-37(47-30,25-12-13-25)26-14-15-26)33(36)49-40(32(36)34(44)46-28)21-24-8-2-1-6-22(24)9-5-10-23-7-3-4-11-27(23)42/h1-9,11,25-26,28,30-33,41-42H,10,12-21H2,(H,38,43)(H,39,45). The van der Waals surface area contributed by atoms with Gasteiger partial charge in [0, 0.05) is 37.8 Å². The topological polar surface area (TPSA) is 156 Å². The Bertz CT molecular complexity index is 1630. The first-order valence-corrected chi connectivity index (χ1v) is 17.5. The van der Waals surface area contributed by atoms with Crippen LogP contribution in [0.2, 0.25) is 0 Å². The molecule has 6 aliphatic rings. The molecule has 12 nitrogen and oxygen atoms in total. The number of phenolic OH excluding ortho intramolecular Hbond substituents is 1. The van der Waals surface area contributed by atoms with Gasteiger partial charge in [-0.1, -0.05) is 54.6 Å². The molecule has 3 aliphatic heterocycles. The minimum Gasteiger partial charge on any atom is -0.508 e. The molecule has 2 aromatic rings. The molecule has 4 N–H and O–H groups in total. The third-order valence-corrected chi connectivity index (χ3v) is 11.0. The number of nitrogens with one attached hydrogen (secondary N) is 2. The Hall–Kier alpha value is -3.81. The van der Waals surface area contributed by atoms with Crippen LogP contribution in [0.15, 0.2) is 54.6 Å². The van der Waals surface area contributed by atoms with Crippen molar-refractivity contribution in [3.05, 3.63) is 71.3 Å². The van der Waals surface area contributed by atoms with E-state index in [0.29, 0.717) is 6.42 Å².